The zero-order valence-electron chi connectivity index (χ0n) is 15.0. The van der Waals surface area contributed by atoms with Crippen LogP contribution in [0.15, 0.2) is 5.11 Å². The number of hydrogen-bond donors (Lipinski definition) is 1. The van der Waals surface area contributed by atoms with Gasteiger partial charge in [-0.15, -0.1) is 0 Å². The maximum Gasteiger partial charge on any atom is 0.184 e. The van der Waals surface area contributed by atoms with Crippen molar-refractivity contribution >= 4 is 16.6 Å². The Morgan fingerprint density at radius 2 is 1.61 bits per heavy atom. The minimum absolute atomic E-state index is 0.219. The van der Waals surface area contributed by atoms with E-state index in [2.05, 4.69) is 49.3 Å². The van der Waals surface area contributed by atoms with Crippen molar-refractivity contribution < 1.29 is 23.4 Å². The van der Waals surface area contributed by atoms with E-state index in [1.807, 2.05) is 0 Å². The monoisotopic (exact) mass is 363 g/mol. The van der Waals surface area contributed by atoms with Crippen LogP contribution in [0.1, 0.15) is 0 Å². The first-order valence-corrected chi connectivity index (χ1v) is 14.5. The lowest BCUT2D eigenvalue weighted by Crippen LogP contribution is -2.63. The number of ether oxygens (including phenoxy) is 2. The molecule has 10 heteroatoms. The smallest absolute Gasteiger partial charge is 0.184 e. The van der Waals surface area contributed by atoms with Gasteiger partial charge in [-0.25, -0.2) is 0 Å². The minimum Gasteiger partial charge on any atom is -0.411 e. The molecule has 0 saturated carbocycles. The number of aliphatic hydroxyl groups excluding tert-OH is 1. The van der Waals surface area contributed by atoms with Crippen LogP contribution in [0.3, 0.4) is 0 Å². The average molecular weight is 364 g/mol. The SMILES string of the molecule is COC1O[C@H](CO)[C@H](O[Si](C)(C)C)[C@H](O[Si](C)(C)C)[C@H]1N=[N+]=[N-]. The van der Waals surface area contributed by atoms with Gasteiger partial charge in [0.1, 0.15) is 12.1 Å². The van der Waals surface area contributed by atoms with Crippen LogP contribution in [0.25, 0.3) is 10.4 Å². The largest absolute Gasteiger partial charge is 0.411 e. The van der Waals surface area contributed by atoms with Gasteiger partial charge in [-0.3, -0.25) is 0 Å². The van der Waals surface area contributed by atoms with Gasteiger partial charge in [0.25, 0.3) is 0 Å². The third kappa shape index (κ3) is 6.16. The molecular formula is C13H29N3O5Si2. The first-order valence-electron chi connectivity index (χ1n) is 7.71. The molecule has 0 aromatic rings. The lowest BCUT2D eigenvalue weighted by Gasteiger charge is -2.47. The van der Waals surface area contributed by atoms with Gasteiger partial charge in [0.15, 0.2) is 22.9 Å². The lowest BCUT2D eigenvalue weighted by molar-refractivity contribution is -0.251. The van der Waals surface area contributed by atoms with Gasteiger partial charge in [-0.05, 0) is 44.8 Å². The van der Waals surface area contributed by atoms with Gasteiger partial charge in [-0.2, -0.15) is 0 Å². The summed E-state index contributed by atoms with van der Waals surface area (Å²) in [5, 5.41) is 13.5. The molecular weight excluding hydrogens is 334 g/mol. The zero-order chi connectivity index (χ0) is 17.8. The molecule has 1 aliphatic rings. The second kappa shape index (κ2) is 8.08. The Morgan fingerprint density at radius 3 is 2.00 bits per heavy atom. The van der Waals surface area contributed by atoms with Crippen molar-refractivity contribution in [3.63, 3.8) is 0 Å². The van der Waals surface area contributed by atoms with Crippen molar-refractivity contribution in [2.45, 2.75) is 69.9 Å². The maximum atomic E-state index is 9.71. The van der Waals surface area contributed by atoms with E-state index >= 15 is 0 Å². The first kappa shape index (κ1) is 20.6. The molecule has 1 aliphatic heterocycles. The van der Waals surface area contributed by atoms with Crippen molar-refractivity contribution in [3.05, 3.63) is 10.4 Å². The fraction of sp³-hybridized carbons (Fsp3) is 1.00. The Kier molecular flexibility index (Phi) is 7.23. The molecule has 0 aliphatic carbocycles. The Bertz CT molecular complexity index is 434. The molecule has 8 nitrogen and oxygen atoms in total. The first-order chi connectivity index (χ1) is 10.5. The van der Waals surface area contributed by atoms with Crippen LogP contribution >= 0.6 is 0 Å². The highest BCUT2D eigenvalue weighted by atomic mass is 28.4. The van der Waals surface area contributed by atoms with Gasteiger partial charge >= 0.3 is 0 Å². The molecule has 1 rings (SSSR count). The fourth-order valence-electron chi connectivity index (χ4n) is 2.51. The van der Waals surface area contributed by atoms with Gasteiger partial charge in [0.05, 0.1) is 18.8 Å². The highest BCUT2D eigenvalue weighted by molar-refractivity contribution is 6.70. The third-order valence-electron chi connectivity index (χ3n) is 3.19. The molecule has 0 radical (unpaired) electrons. The Balaban J connectivity index is 3.24. The van der Waals surface area contributed by atoms with E-state index in [0.717, 1.165) is 0 Å². The van der Waals surface area contributed by atoms with E-state index in [1.54, 1.807) is 0 Å². The van der Waals surface area contributed by atoms with Gasteiger partial charge in [0, 0.05) is 12.0 Å². The molecule has 0 aromatic heterocycles. The maximum absolute atomic E-state index is 9.71. The van der Waals surface area contributed by atoms with E-state index in [0.29, 0.717) is 0 Å². The second-order valence-electron chi connectivity index (χ2n) is 7.55. The number of nitrogens with zero attached hydrogens (tertiary/aromatic N) is 3. The molecule has 0 bridgehead atoms. The van der Waals surface area contributed by atoms with Crippen molar-refractivity contribution in [1.82, 2.24) is 0 Å². The van der Waals surface area contributed by atoms with Crippen LogP contribution in [0.5, 0.6) is 0 Å². The Hall–Kier alpha value is -0.456. The van der Waals surface area contributed by atoms with Gasteiger partial charge < -0.3 is 23.4 Å². The fourth-order valence-corrected chi connectivity index (χ4v) is 4.70. The van der Waals surface area contributed by atoms with Gasteiger partial charge in [-0.1, -0.05) is 5.11 Å². The van der Waals surface area contributed by atoms with Crippen LogP contribution in [0.2, 0.25) is 39.3 Å². The average Bonchev–Trinajstić information content (AvgIpc) is 2.40. The molecule has 0 spiro atoms. The Labute approximate surface area is 140 Å². The molecule has 1 fully saturated rings. The Morgan fingerprint density at radius 1 is 1.09 bits per heavy atom. The highest BCUT2D eigenvalue weighted by Crippen LogP contribution is 2.32. The molecule has 0 aromatic carbocycles. The predicted octanol–water partition coefficient (Wildman–Crippen LogP) is 2.47. The summed E-state index contributed by atoms with van der Waals surface area (Å²) >= 11 is 0. The molecule has 1 unspecified atom stereocenters. The summed E-state index contributed by atoms with van der Waals surface area (Å²) in [4.78, 5) is 2.91. The number of hydrogen-bond acceptors (Lipinski definition) is 6. The van der Waals surface area contributed by atoms with E-state index in [1.165, 1.54) is 7.11 Å². The molecule has 1 saturated heterocycles. The zero-order valence-corrected chi connectivity index (χ0v) is 17.0. The van der Waals surface area contributed by atoms with Crippen molar-refractivity contribution in [3.8, 4) is 0 Å². The van der Waals surface area contributed by atoms with Crippen LogP contribution in [0.4, 0.5) is 0 Å². The summed E-state index contributed by atoms with van der Waals surface area (Å²) in [6, 6.07) is -0.666. The minimum atomic E-state index is -1.96. The lowest BCUT2D eigenvalue weighted by atomic mass is 9.98. The molecule has 0 amide bonds. The van der Waals surface area contributed by atoms with E-state index in [9.17, 15) is 5.11 Å². The quantitative estimate of drug-likeness (QED) is 0.324. The molecule has 1 heterocycles. The van der Waals surface area contributed by atoms with E-state index in [-0.39, 0.29) is 6.61 Å². The van der Waals surface area contributed by atoms with Crippen LogP contribution in [-0.2, 0) is 18.3 Å². The standard InChI is InChI=1S/C13H29N3O5Si2/c1-18-13-10(15-16-14)12(21-23(5,6)7)11(9(8-17)19-13)20-22(2,3)4/h9-13,17H,8H2,1-7H3/t9-,10-,11+,12-,13?/m1/s1. The van der Waals surface area contributed by atoms with Crippen LogP contribution in [0, 0.1) is 0 Å². The van der Waals surface area contributed by atoms with Crippen molar-refractivity contribution in [1.29, 1.82) is 0 Å². The summed E-state index contributed by atoms with van der Waals surface area (Å²) in [6.45, 7) is 12.1. The number of azide groups is 1. The molecule has 134 valence electrons. The summed E-state index contributed by atoms with van der Waals surface area (Å²) in [5.74, 6) is 0. The highest BCUT2D eigenvalue weighted by Gasteiger charge is 2.49. The predicted molar refractivity (Wildman–Crippen MR) is 92.1 cm³/mol. The molecule has 1 N–H and O–H groups in total. The summed E-state index contributed by atoms with van der Waals surface area (Å²) < 4.78 is 23.5. The van der Waals surface area contributed by atoms with Crippen molar-refractivity contribution in [2.24, 2.45) is 5.11 Å². The second-order valence-corrected chi connectivity index (χ2v) is 16.5. The van der Waals surface area contributed by atoms with Gasteiger partial charge in [0.2, 0.25) is 0 Å². The van der Waals surface area contributed by atoms with Crippen LogP contribution in [-0.4, -0.2) is 66.1 Å². The summed E-state index contributed by atoms with van der Waals surface area (Å²) in [6.07, 6.45) is -2.37. The third-order valence-corrected chi connectivity index (χ3v) is 5.15. The molecule has 23 heavy (non-hydrogen) atoms. The summed E-state index contributed by atoms with van der Waals surface area (Å²) in [7, 11) is -2.42. The number of aliphatic hydroxyl groups is 1. The van der Waals surface area contributed by atoms with Crippen molar-refractivity contribution in [2.75, 3.05) is 13.7 Å². The summed E-state index contributed by atoms with van der Waals surface area (Å²) in [5.41, 5.74) is 8.91. The normalized spacial score (nSPS) is 32.4. The number of rotatable bonds is 7. The van der Waals surface area contributed by atoms with E-state index < -0.39 is 47.3 Å². The van der Waals surface area contributed by atoms with E-state index in [4.69, 9.17) is 23.9 Å². The van der Waals surface area contributed by atoms with Crippen LogP contribution < -0.4 is 0 Å². The topological polar surface area (TPSA) is 106 Å². The molecule has 5 atom stereocenters. The number of methoxy groups -OCH3 is 1.